The summed E-state index contributed by atoms with van der Waals surface area (Å²) >= 11 is 0. The van der Waals surface area contributed by atoms with Crippen LogP contribution in [0, 0.1) is 5.95 Å². The SMILES string of the molecule is C=CC(=O)Cc1cccc(-c2cc(F)nc(Nc3cccc(N4CCN(C)CC4)c3)n2)c1. The highest BCUT2D eigenvalue weighted by molar-refractivity contribution is 5.91. The number of ketones is 1. The minimum absolute atomic E-state index is 0.0707. The molecule has 1 N–H and O–H groups in total. The molecule has 1 fully saturated rings. The number of aromatic nitrogens is 2. The van der Waals surface area contributed by atoms with Crippen molar-refractivity contribution < 1.29 is 9.18 Å². The van der Waals surface area contributed by atoms with Crippen molar-refractivity contribution in [3.63, 3.8) is 0 Å². The summed E-state index contributed by atoms with van der Waals surface area (Å²) in [6.45, 7) is 7.47. The van der Waals surface area contributed by atoms with Gasteiger partial charge in [-0.05, 0) is 43.0 Å². The molecule has 0 bridgehead atoms. The zero-order valence-corrected chi connectivity index (χ0v) is 18.1. The Bertz CT molecular complexity index is 1120. The number of rotatable bonds is 7. The van der Waals surface area contributed by atoms with Crippen molar-refractivity contribution in [2.24, 2.45) is 0 Å². The molecule has 0 saturated carbocycles. The average molecular weight is 432 g/mol. The largest absolute Gasteiger partial charge is 0.369 e. The van der Waals surface area contributed by atoms with Gasteiger partial charge in [-0.1, -0.05) is 30.8 Å². The van der Waals surface area contributed by atoms with E-state index in [0.29, 0.717) is 5.69 Å². The first kappa shape index (κ1) is 21.6. The molecule has 0 radical (unpaired) electrons. The van der Waals surface area contributed by atoms with Crippen LogP contribution in [0.2, 0.25) is 0 Å². The zero-order chi connectivity index (χ0) is 22.5. The van der Waals surface area contributed by atoms with Crippen LogP contribution in [-0.4, -0.2) is 53.9 Å². The van der Waals surface area contributed by atoms with Crippen molar-refractivity contribution in [3.8, 4) is 11.3 Å². The van der Waals surface area contributed by atoms with Crippen LogP contribution in [0.4, 0.5) is 21.7 Å². The highest BCUT2D eigenvalue weighted by atomic mass is 19.1. The standard InChI is InChI=1S/C25H26FN5O/c1-3-22(32)15-18-6-4-7-19(14-18)23-17-24(26)29-25(28-23)27-20-8-5-9-21(16-20)31-12-10-30(2)11-13-31/h3-9,14,16-17H,1,10-13,15H2,2H3,(H,27,28,29). The van der Waals surface area contributed by atoms with Crippen molar-refractivity contribution in [1.82, 2.24) is 14.9 Å². The van der Waals surface area contributed by atoms with Crippen LogP contribution in [0.1, 0.15) is 5.56 Å². The molecule has 1 saturated heterocycles. The van der Waals surface area contributed by atoms with E-state index in [1.807, 2.05) is 42.5 Å². The molecule has 4 rings (SSSR count). The number of nitrogens with one attached hydrogen (secondary N) is 1. The second-order valence-electron chi connectivity index (χ2n) is 7.91. The van der Waals surface area contributed by atoms with Gasteiger partial charge in [-0.25, -0.2) is 4.98 Å². The number of anilines is 3. The topological polar surface area (TPSA) is 61.4 Å². The van der Waals surface area contributed by atoms with E-state index in [-0.39, 0.29) is 18.2 Å². The van der Waals surface area contributed by atoms with Gasteiger partial charge in [-0.2, -0.15) is 9.37 Å². The maximum atomic E-state index is 14.3. The summed E-state index contributed by atoms with van der Waals surface area (Å²) in [4.78, 5) is 24.7. The number of benzene rings is 2. The number of nitrogens with zero attached hydrogens (tertiary/aromatic N) is 4. The van der Waals surface area contributed by atoms with E-state index in [2.05, 4.69) is 44.8 Å². The van der Waals surface area contributed by atoms with Gasteiger partial charge in [0.15, 0.2) is 5.78 Å². The molecule has 0 amide bonds. The van der Waals surface area contributed by atoms with Crippen LogP contribution in [0.25, 0.3) is 11.3 Å². The minimum Gasteiger partial charge on any atom is -0.369 e. The van der Waals surface area contributed by atoms with Crippen LogP contribution in [0.3, 0.4) is 0 Å². The lowest BCUT2D eigenvalue weighted by atomic mass is 10.0. The van der Waals surface area contributed by atoms with E-state index in [0.717, 1.165) is 48.7 Å². The Labute approximate surface area is 187 Å². The third-order valence-electron chi connectivity index (χ3n) is 5.49. The Morgan fingerprint density at radius 1 is 1.09 bits per heavy atom. The summed E-state index contributed by atoms with van der Waals surface area (Å²) in [6.07, 6.45) is 1.55. The smallest absolute Gasteiger partial charge is 0.230 e. The quantitative estimate of drug-likeness (QED) is 0.449. The first-order valence-corrected chi connectivity index (χ1v) is 10.6. The normalized spacial score (nSPS) is 14.2. The zero-order valence-electron chi connectivity index (χ0n) is 18.1. The first-order chi connectivity index (χ1) is 15.5. The van der Waals surface area contributed by atoms with Crippen LogP contribution in [-0.2, 0) is 11.2 Å². The Kier molecular flexibility index (Phi) is 6.56. The third-order valence-corrected chi connectivity index (χ3v) is 5.49. The lowest BCUT2D eigenvalue weighted by Crippen LogP contribution is -2.44. The lowest BCUT2D eigenvalue weighted by Gasteiger charge is -2.34. The van der Waals surface area contributed by atoms with E-state index >= 15 is 0 Å². The second kappa shape index (κ2) is 9.70. The highest BCUT2D eigenvalue weighted by Gasteiger charge is 2.15. The van der Waals surface area contributed by atoms with Gasteiger partial charge in [0.1, 0.15) is 0 Å². The number of halogens is 1. The fraction of sp³-hybridized carbons (Fsp3) is 0.240. The lowest BCUT2D eigenvalue weighted by molar-refractivity contribution is -0.114. The molecule has 7 heteroatoms. The van der Waals surface area contributed by atoms with Gasteiger partial charge in [-0.15, -0.1) is 0 Å². The minimum atomic E-state index is -0.625. The molecule has 0 aliphatic carbocycles. The van der Waals surface area contributed by atoms with Crippen LogP contribution in [0.15, 0.2) is 67.3 Å². The van der Waals surface area contributed by atoms with Gasteiger partial charge in [0.25, 0.3) is 0 Å². The van der Waals surface area contributed by atoms with Gasteiger partial charge in [-0.3, -0.25) is 4.79 Å². The van der Waals surface area contributed by atoms with E-state index in [9.17, 15) is 9.18 Å². The molecule has 0 atom stereocenters. The predicted octanol–water partition coefficient (Wildman–Crippen LogP) is 4.08. The summed E-state index contributed by atoms with van der Waals surface area (Å²) < 4.78 is 14.3. The number of allylic oxidation sites excluding steroid dienone is 1. The average Bonchev–Trinajstić information content (AvgIpc) is 2.79. The van der Waals surface area contributed by atoms with Crippen LogP contribution in [0.5, 0.6) is 0 Å². The molecule has 164 valence electrons. The first-order valence-electron chi connectivity index (χ1n) is 10.6. The van der Waals surface area contributed by atoms with Crippen molar-refractivity contribution in [2.45, 2.75) is 6.42 Å². The number of hydrogen-bond acceptors (Lipinski definition) is 6. The summed E-state index contributed by atoms with van der Waals surface area (Å²) in [5, 5.41) is 3.13. The fourth-order valence-corrected chi connectivity index (χ4v) is 3.71. The third kappa shape index (κ3) is 5.36. The van der Waals surface area contributed by atoms with Crippen LogP contribution < -0.4 is 10.2 Å². The van der Waals surface area contributed by atoms with E-state index in [1.54, 1.807) is 0 Å². The molecule has 32 heavy (non-hydrogen) atoms. The Morgan fingerprint density at radius 3 is 2.66 bits per heavy atom. The van der Waals surface area contributed by atoms with Crippen LogP contribution >= 0.6 is 0 Å². The molecule has 1 aromatic heterocycles. The summed E-state index contributed by atoms with van der Waals surface area (Å²) in [6, 6.07) is 16.6. The predicted molar refractivity (Wildman–Crippen MR) is 126 cm³/mol. The highest BCUT2D eigenvalue weighted by Crippen LogP contribution is 2.25. The van der Waals surface area contributed by atoms with Crippen molar-refractivity contribution in [3.05, 3.63) is 78.8 Å². The summed E-state index contributed by atoms with van der Waals surface area (Å²) in [5.74, 6) is -0.512. The van der Waals surface area contributed by atoms with Gasteiger partial charge in [0.2, 0.25) is 11.9 Å². The van der Waals surface area contributed by atoms with Gasteiger partial charge < -0.3 is 15.1 Å². The van der Waals surface area contributed by atoms with Gasteiger partial charge >= 0.3 is 0 Å². The van der Waals surface area contributed by atoms with Crippen molar-refractivity contribution >= 4 is 23.1 Å². The van der Waals surface area contributed by atoms with Gasteiger partial charge in [0.05, 0.1) is 5.69 Å². The number of carbonyl (C=O) groups is 1. The molecule has 2 heterocycles. The molecule has 6 nitrogen and oxygen atoms in total. The van der Waals surface area contributed by atoms with Crippen molar-refractivity contribution in [2.75, 3.05) is 43.4 Å². The molecular formula is C25H26FN5O. The molecule has 0 unspecified atom stereocenters. The molecule has 1 aliphatic rings. The summed E-state index contributed by atoms with van der Waals surface area (Å²) in [7, 11) is 2.13. The monoisotopic (exact) mass is 431 g/mol. The van der Waals surface area contributed by atoms with Gasteiger partial charge in [0, 0.05) is 55.6 Å². The number of likely N-dealkylation sites (N-methyl/N-ethyl adjacent to an activating group) is 1. The number of hydrogen-bond donors (Lipinski definition) is 1. The maximum absolute atomic E-state index is 14.3. The summed E-state index contributed by atoms with van der Waals surface area (Å²) in [5.41, 5.74) is 3.89. The molecular weight excluding hydrogens is 405 g/mol. The van der Waals surface area contributed by atoms with E-state index < -0.39 is 5.95 Å². The van der Waals surface area contributed by atoms with Crippen molar-refractivity contribution in [1.29, 1.82) is 0 Å². The molecule has 1 aliphatic heterocycles. The Morgan fingerprint density at radius 2 is 1.88 bits per heavy atom. The maximum Gasteiger partial charge on any atom is 0.230 e. The van der Waals surface area contributed by atoms with E-state index in [1.165, 1.54) is 12.1 Å². The fourth-order valence-electron chi connectivity index (χ4n) is 3.71. The van der Waals surface area contributed by atoms with E-state index in [4.69, 9.17) is 0 Å². The Hall–Kier alpha value is -3.58. The molecule has 2 aromatic carbocycles. The number of piperazine rings is 1. The molecule has 0 spiro atoms. The molecule has 3 aromatic rings. The Balaban J connectivity index is 1.55. The number of carbonyl (C=O) groups excluding carboxylic acids is 1. The second-order valence-corrected chi connectivity index (χ2v) is 7.91.